The van der Waals surface area contributed by atoms with Crippen molar-refractivity contribution >= 4 is 70.6 Å². The Morgan fingerprint density at radius 1 is 0.636 bits per heavy atom. The number of carbonyl (C=O) groups excluding carboxylic acids is 2. The summed E-state index contributed by atoms with van der Waals surface area (Å²) in [7, 11) is 0. The van der Waals surface area contributed by atoms with E-state index in [1.54, 1.807) is 36.4 Å². The van der Waals surface area contributed by atoms with Crippen LogP contribution in [0.4, 0.5) is 0 Å². The van der Waals surface area contributed by atoms with Crippen molar-refractivity contribution in [3.05, 3.63) is 67.6 Å². The molecular formula is C23H24Cl4N4O2. The number of nitrogens with zero attached hydrogens (tertiary/aromatic N) is 2. The third-order valence-electron chi connectivity index (χ3n) is 4.57. The molecule has 0 heterocycles. The molecule has 0 bridgehead atoms. The summed E-state index contributed by atoms with van der Waals surface area (Å²) in [6.45, 7) is 0. The van der Waals surface area contributed by atoms with Crippen LogP contribution in [0.3, 0.4) is 0 Å². The Morgan fingerprint density at radius 2 is 0.970 bits per heavy atom. The number of hydrazone groups is 2. The second kappa shape index (κ2) is 14.9. The summed E-state index contributed by atoms with van der Waals surface area (Å²) in [6, 6.07) is 10.3. The van der Waals surface area contributed by atoms with Gasteiger partial charge in [-0.15, -0.1) is 0 Å². The minimum atomic E-state index is -0.176. The smallest absolute Gasteiger partial charge is 0.240 e. The predicted molar refractivity (Wildman–Crippen MR) is 137 cm³/mol. The maximum atomic E-state index is 11.9. The molecule has 176 valence electrons. The highest BCUT2D eigenvalue weighted by Crippen LogP contribution is 2.23. The fraction of sp³-hybridized carbons (Fsp3) is 0.304. The Bertz CT molecular complexity index is 892. The van der Waals surface area contributed by atoms with E-state index in [1.165, 1.54) is 12.4 Å². The second-order valence-electron chi connectivity index (χ2n) is 7.12. The first kappa shape index (κ1) is 27.1. The number of hydrogen-bond acceptors (Lipinski definition) is 4. The molecule has 0 fully saturated rings. The van der Waals surface area contributed by atoms with Gasteiger partial charge in [0, 0.05) is 24.0 Å². The first-order valence-corrected chi connectivity index (χ1v) is 11.9. The number of halogens is 4. The van der Waals surface area contributed by atoms with Crippen molar-refractivity contribution in [2.75, 3.05) is 0 Å². The van der Waals surface area contributed by atoms with Crippen LogP contribution in [0.2, 0.25) is 20.1 Å². The Kier molecular flexibility index (Phi) is 12.3. The maximum absolute atomic E-state index is 11.9. The standard InChI is InChI=1S/C23H24Cl4N4O2/c24-18-8-6-9-19(25)16(18)14-28-30-22(32)12-4-2-1-3-5-13-23(33)31-29-15-17-20(26)10-7-11-21(17)27/h6-11,14-15H,1-5,12-13H2,(H,30,32)(H,31,33)/b28-14+,29-15+. The topological polar surface area (TPSA) is 82.9 Å². The van der Waals surface area contributed by atoms with Crippen LogP contribution in [0.5, 0.6) is 0 Å². The number of amides is 2. The minimum absolute atomic E-state index is 0.176. The summed E-state index contributed by atoms with van der Waals surface area (Å²) >= 11 is 24.2. The third-order valence-corrected chi connectivity index (χ3v) is 5.89. The first-order valence-electron chi connectivity index (χ1n) is 10.4. The predicted octanol–water partition coefficient (Wildman–Crippen LogP) is 6.63. The van der Waals surface area contributed by atoms with Gasteiger partial charge in [0.1, 0.15) is 0 Å². The van der Waals surface area contributed by atoms with Gasteiger partial charge in [0.05, 0.1) is 32.5 Å². The van der Waals surface area contributed by atoms with Crippen molar-refractivity contribution in [1.82, 2.24) is 10.9 Å². The van der Waals surface area contributed by atoms with Crippen LogP contribution in [-0.2, 0) is 9.59 Å². The van der Waals surface area contributed by atoms with E-state index in [0.29, 0.717) is 44.1 Å². The Labute approximate surface area is 213 Å². The van der Waals surface area contributed by atoms with Gasteiger partial charge in [-0.25, -0.2) is 10.9 Å². The van der Waals surface area contributed by atoms with Gasteiger partial charge < -0.3 is 0 Å². The molecule has 0 unspecified atom stereocenters. The first-order chi connectivity index (χ1) is 15.9. The number of rotatable bonds is 12. The molecule has 0 saturated carbocycles. The summed E-state index contributed by atoms with van der Waals surface area (Å²) in [5.74, 6) is -0.351. The molecule has 2 amide bonds. The van der Waals surface area contributed by atoms with Crippen molar-refractivity contribution in [3.8, 4) is 0 Å². The Hall–Kier alpha value is -2.12. The van der Waals surface area contributed by atoms with Gasteiger partial charge in [-0.3, -0.25) is 9.59 Å². The molecule has 0 atom stereocenters. The molecule has 2 aromatic rings. The summed E-state index contributed by atoms with van der Waals surface area (Å²) in [5, 5.41) is 9.66. The minimum Gasteiger partial charge on any atom is -0.273 e. The molecule has 10 heteroatoms. The SMILES string of the molecule is O=C(CCCCCCCC(=O)N/N=C/c1c(Cl)cccc1Cl)N/N=C/c1c(Cl)cccc1Cl. The van der Waals surface area contributed by atoms with E-state index in [9.17, 15) is 9.59 Å². The molecule has 0 saturated heterocycles. The highest BCUT2D eigenvalue weighted by atomic mass is 35.5. The molecule has 6 nitrogen and oxygen atoms in total. The lowest BCUT2D eigenvalue weighted by molar-refractivity contribution is -0.121. The van der Waals surface area contributed by atoms with Crippen LogP contribution < -0.4 is 10.9 Å². The highest BCUT2D eigenvalue weighted by molar-refractivity contribution is 6.39. The van der Waals surface area contributed by atoms with Gasteiger partial charge in [-0.1, -0.05) is 77.8 Å². The van der Waals surface area contributed by atoms with Crippen molar-refractivity contribution in [2.24, 2.45) is 10.2 Å². The summed E-state index contributed by atoms with van der Waals surface area (Å²) in [5.41, 5.74) is 6.06. The molecule has 2 N–H and O–H groups in total. The van der Waals surface area contributed by atoms with Gasteiger partial charge in [0.25, 0.3) is 0 Å². The van der Waals surface area contributed by atoms with E-state index in [0.717, 1.165) is 32.1 Å². The molecule has 0 aliphatic rings. The monoisotopic (exact) mass is 528 g/mol. The van der Waals surface area contributed by atoms with Crippen LogP contribution >= 0.6 is 46.4 Å². The van der Waals surface area contributed by atoms with Crippen molar-refractivity contribution in [3.63, 3.8) is 0 Å². The number of nitrogens with one attached hydrogen (secondary N) is 2. The molecule has 0 aromatic heterocycles. The zero-order valence-electron chi connectivity index (χ0n) is 17.8. The van der Waals surface area contributed by atoms with Crippen molar-refractivity contribution in [2.45, 2.75) is 44.9 Å². The normalized spacial score (nSPS) is 11.3. The van der Waals surface area contributed by atoms with Crippen LogP contribution in [0.15, 0.2) is 46.6 Å². The number of unbranched alkanes of at least 4 members (excludes halogenated alkanes) is 4. The van der Waals surface area contributed by atoms with Gasteiger partial charge in [0.15, 0.2) is 0 Å². The molecule has 2 aromatic carbocycles. The molecule has 0 aliphatic carbocycles. The van der Waals surface area contributed by atoms with E-state index in [-0.39, 0.29) is 11.8 Å². The van der Waals surface area contributed by atoms with Crippen molar-refractivity contribution < 1.29 is 9.59 Å². The van der Waals surface area contributed by atoms with Gasteiger partial charge >= 0.3 is 0 Å². The number of carbonyl (C=O) groups is 2. The fourth-order valence-corrected chi connectivity index (χ4v) is 3.81. The Balaban J connectivity index is 1.53. The van der Waals surface area contributed by atoms with Crippen molar-refractivity contribution in [1.29, 1.82) is 0 Å². The summed E-state index contributed by atoms with van der Waals surface area (Å²) in [6.07, 6.45) is 7.78. The van der Waals surface area contributed by atoms with Gasteiger partial charge in [0.2, 0.25) is 11.8 Å². The van der Waals surface area contributed by atoms with Crippen LogP contribution in [0, 0.1) is 0 Å². The van der Waals surface area contributed by atoms with E-state index in [4.69, 9.17) is 46.4 Å². The number of benzene rings is 2. The summed E-state index contributed by atoms with van der Waals surface area (Å²) < 4.78 is 0. The lowest BCUT2D eigenvalue weighted by atomic mass is 10.1. The quantitative estimate of drug-likeness (QED) is 0.184. The molecule has 0 spiro atoms. The fourth-order valence-electron chi connectivity index (χ4n) is 2.82. The summed E-state index contributed by atoms with van der Waals surface area (Å²) in [4.78, 5) is 23.7. The number of hydrogen-bond donors (Lipinski definition) is 2. The highest BCUT2D eigenvalue weighted by Gasteiger charge is 2.05. The molecular weight excluding hydrogens is 506 g/mol. The molecule has 0 radical (unpaired) electrons. The third kappa shape index (κ3) is 10.1. The molecule has 33 heavy (non-hydrogen) atoms. The van der Waals surface area contributed by atoms with E-state index in [2.05, 4.69) is 21.1 Å². The van der Waals surface area contributed by atoms with Gasteiger partial charge in [-0.05, 0) is 37.1 Å². The van der Waals surface area contributed by atoms with E-state index < -0.39 is 0 Å². The lowest BCUT2D eigenvalue weighted by Gasteiger charge is -2.03. The average molecular weight is 530 g/mol. The van der Waals surface area contributed by atoms with Crippen LogP contribution in [0.1, 0.15) is 56.1 Å². The molecule has 0 aliphatic heterocycles. The van der Waals surface area contributed by atoms with E-state index >= 15 is 0 Å². The van der Waals surface area contributed by atoms with Gasteiger partial charge in [-0.2, -0.15) is 10.2 Å². The Morgan fingerprint density at radius 3 is 1.33 bits per heavy atom. The average Bonchev–Trinajstić information content (AvgIpc) is 2.77. The largest absolute Gasteiger partial charge is 0.273 e. The maximum Gasteiger partial charge on any atom is 0.240 e. The zero-order valence-corrected chi connectivity index (χ0v) is 20.8. The molecule has 2 rings (SSSR count). The van der Waals surface area contributed by atoms with Crippen LogP contribution in [0.25, 0.3) is 0 Å². The lowest BCUT2D eigenvalue weighted by Crippen LogP contribution is -2.17. The van der Waals surface area contributed by atoms with E-state index in [1.807, 2.05) is 0 Å². The zero-order chi connectivity index (χ0) is 24.1. The second-order valence-corrected chi connectivity index (χ2v) is 8.75. The van der Waals surface area contributed by atoms with Crippen LogP contribution in [-0.4, -0.2) is 24.2 Å².